The van der Waals surface area contributed by atoms with E-state index >= 15 is 0 Å². The Balaban J connectivity index is 1.24. The zero-order chi connectivity index (χ0) is 14.3. The maximum absolute atomic E-state index is 6.50. The highest BCUT2D eigenvalue weighted by atomic mass is 16.5. The standard InChI is InChI=1S/C19H33NO/c1-14(18-12-15-5-6-16(18)11-15)20-13-17-7-10-19(21-17)8-3-2-4-9-19/h14-18,20H,2-13H2,1H3. The van der Waals surface area contributed by atoms with Gasteiger partial charge in [0.2, 0.25) is 0 Å². The molecule has 1 N–H and O–H groups in total. The Hall–Kier alpha value is -0.0800. The molecule has 0 radical (unpaired) electrons. The van der Waals surface area contributed by atoms with E-state index in [0.717, 1.165) is 24.3 Å². The summed E-state index contributed by atoms with van der Waals surface area (Å²) >= 11 is 0. The lowest BCUT2D eigenvalue weighted by Crippen LogP contribution is -2.41. The number of hydrogen-bond donors (Lipinski definition) is 1. The molecule has 3 aliphatic carbocycles. The van der Waals surface area contributed by atoms with Crippen LogP contribution in [0.5, 0.6) is 0 Å². The van der Waals surface area contributed by atoms with Crippen molar-refractivity contribution in [2.45, 2.75) is 95.3 Å². The van der Waals surface area contributed by atoms with Crippen molar-refractivity contribution in [3.8, 4) is 0 Å². The van der Waals surface area contributed by atoms with Gasteiger partial charge in [-0.05, 0) is 69.6 Å². The quantitative estimate of drug-likeness (QED) is 0.834. The average molecular weight is 291 g/mol. The van der Waals surface area contributed by atoms with E-state index in [4.69, 9.17) is 4.74 Å². The average Bonchev–Trinajstić information content (AvgIpc) is 3.21. The summed E-state index contributed by atoms with van der Waals surface area (Å²) in [7, 11) is 0. The SMILES string of the molecule is CC(NCC1CCC2(CCCCC2)O1)C1CC2CCC1C2. The Morgan fingerprint density at radius 3 is 2.62 bits per heavy atom. The summed E-state index contributed by atoms with van der Waals surface area (Å²) in [6.07, 6.45) is 16.0. The van der Waals surface area contributed by atoms with Gasteiger partial charge in [0.15, 0.2) is 0 Å². The summed E-state index contributed by atoms with van der Waals surface area (Å²) < 4.78 is 6.50. The maximum atomic E-state index is 6.50. The van der Waals surface area contributed by atoms with Crippen LogP contribution in [0.15, 0.2) is 0 Å². The Labute approximate surface area is 130 Å². The molecule has 0 amide bonds. The lowest BCUT2D eigenvalue weighted by Gasteiger charge is -2.34. The number of fused-ring (bicyclic) bond motifs is 2. The normalized spacial score (nSPS) is 42.7. The molecule has 3 saturated carbocycles. The van der Waals surface area contributed by atoms with Gasteiger partial charge in [-0.1, -0.05) is 25.7 Å². The van der Waals surface area contributed by atoms with Crippen LogP contribution in [-0.4, -0.2) is 24.3 Å². The van der Waals surface area contributed by atoms with Crippen molar-refractivity contribution in [3.05, 3.63) is 0 Å². The van der Waals surface area contributed by atoms with Crippen LogP contribution < -0.4 is 5.32 Å². The molecule has 120 valence electrons. The second kappa shape index (κ2) is 5.85. The third kappa shape index (κ3) is 2.91. The molecular formula is C19H33NO. The molecule has 2 heteroatoms. The highest BCUT2D eigenvalue weighted by Gasteiger charge is 2.43. The van der Waals surface area contributed by atoms with Crippen LogP contribution in [0.3, 0.4) is 0 Å². The fourth-order valence-corrected chi connectivity index (χ4v) is 5.98. The van der Waals surface area contributed by atoms with Crippen LogP contribution in [0.25, 0.3) is 0 Å². The summed E-state index contributed by atoms with van der Waals surface area (Å²) in [5.41, 5.74) is 0.292. The molecule has 21 heavy (non-hydrogen) atoms. The van der Waals surface area contributed by atoms with Crippen molar-refractivity contribution in [1.82, 2.24) is 5.32 Å². The molecule has 2 nitrogen and oxygen atoms in total. The Morgan fingerprint density at radius 1 is 1.05 bits per heavy atom. The van der Waals surface area contributed by atoms with Crippen molar-refractivity contribution in [2.75, 3.05) is 6.54 Å². The van der Waals surface area contributed by atoms with Crippen molar-refractivity contribution < 1.29 is 4.74 Å². The molecule has 0 aromatic rings. The van der Waals surface area contributed by atoms with Gasteiger partial charge in [0.25, 0.3) is 0 Å². The monoisotopic (exact) mass is 291 g/mol. The minimum Gasteiger partial charge on any atom is -0.370 e. The van der Waals surface area contributed by atoms with Crippen LogP contribution in [0, 0.1) is 17.8 Å². The first-order valence-electron chi connectivity index (χ1n) is 9.65. The van der Waals surface area contributed by atoms with Crippen molar-refractivity contribution in [2.24, 2.45) is 17.8 Å². The first kappa shape index (κ1) is 14.5. The fourth-order valence-electron chi connectivity index (χ4n) is 5.98. The van der Waals surface area contributed by atoms with Crippen LogP contribution in [-0.2, 0) is 4.74 Å². The van der Waals surface area contributed by atoms with Gasteiger partial charge in [0.1, 0.15) is 0 Å². The van der Waals surface area contributed by atoms with E-state index in [-0.39, 0.29) is 0 Å². The molecule has 1 heterocycles. The number of rotatable bonds is 4. The molecule has 5 atom stereocenters. The van der Waals surface area contributed by atoms with Crippen LogP contribution in [0.2, 0.25) is 0 Å². The van der Waals surface area contributed by atoms with Crippen molar-refractivity contribution >= 4 is 0 Å². The second-order valence-corrected chi connectivity index (χ2v) is 8.56. The molecule has 0 aromatic heterocycles. The summed E-state index contributed by atoms with van der Waals surface area (Å²) in [4.78, 5) is 0. The molecular weight excluding hydrogens is 258 g/mol. The summed E-state index contributed by atoms with van der Waals surface area (Å²) in [5.74, 6) is 3.05. The van der Waals surface area contributed by atoms with Crippen molar-refractivity contribution in [3.63, 3.8) is 0 Å². The molecule has 1 aliphatic heterocycles. The van der Waals surface area contributed by atoms with Gasteiger partial charge in [-0.15, -0.1) is 0 Å². The van der Waals surface area contributed by atoms with Gasteiger partial charge in [-0.2, -0.15) is 0 Å². The lowest BCUT2D eigenvalue weighted by molar-refractivity contribution is -0.0633. The molecule has 2 bridgehead atoms. The molecule has 4 aliphatic rings. The molecule has 0 aromatic carbocycles. The van der Waals surface area contributed by atoms with E-state index in [1.54, 1.807) is 0 Å². The Morgan fingerprint density at radius 2 is 1.90 bits per heavy atom. The fraction of sp³-hybridized carbons (Fsp3) is 1.00. The topological polar surface area (TPSA) is 21.3 Å². The Bertz CT molecular complexity index is 363. The summed E-state index contributed by atoms with van der Waals surface area (Å²) in [6, 6.07) is 0.701. The van der Waals surface area contributed by atoms with E-state index in [2.05, 4.69) is 12.2 Å². The first-order chi connectivity index (χ1) is 10.2. The third-order valence-electron chi connectivity index (χ3n) is 7.21. The van der Waals surface area contributed by atoms with Gasteiger partial charge < -0.3 is 10.1 Å². The maximum Gasteiger partial charge on any atom is 0.0708 e. The minimum absolute atomic E-state index is 0.292. The summed E-state index contributed by atoms with van der Waals surface area (Å²) in [5, 5.41) is 3.85. The first-order valence-corrected chi connectivity index (χ1v) is 9.65. The predicted octanol–water partition coefficient (Wildman–Crippen LogP) is 4.28. The largest absolute Gasteiger partial charge is 0.370 e. The Kier molecular flexibility index (Phi) is 4.04. The van der Waals surface area contributed by atoms with Gasteiger partial charge in [0, 0.05) is 12.6 Å². The van der Waals surface area contributed by atoms with Gasteiger partial charge in [-0.25, -0.2) is 0 Å². The van der Waals surface area contributed by atoms with E-state index < -0.39 is 0 Å². The van der Waals surface area contributed by atoms with Crippen LogP contribution >= 0.6 is 0 Å². The lowest BCUT2D eigenvalue weighted by atomic mass is 9.83. The van der Waals surface area contributed by atoms with E-state index in [0.29, 0.717) is 17.7 Å². The molecule has 5 unspecified atom stereocenters. The highest BCUT2D eigenvalue weighted by Crippen LogP contribution is 2.49. The minimum atomic E-state index is 0.292. The molecule has 1 saturated heterocycles. The van der Waals surface area contributed by atoms with Crippen molar-refractivity contribution in [1.29, 1.82) is 0 Å². The summed E-state index contributed by atoms with van der Waals surface area (Å²) in [6.45, 7) is 3.52. The number of hydrogen-bond acceptors (Lipinski definition) is 2. The van der Waals surface area contributed by atoms with Gasteiger partial charge in [0.05, 0.1) is 11.7 Å². The second-order valence-electron chi connectivity index (χ2n) is 8.56. The number of nitrogens with one attached hydrogen (secondary N) is 1. The highest BCUT2D eigenvalue weighted by molar-refractivity contribution is 4.95. The van der Waals surface area contributed by atoms with E-state index in [9.17, 15) is 0 Å². The molecule has 1 spiro atoms. The van der Waals surface area contributed by atoms with E-state index in [1.165, 1.54) is 70.6 Å². The molecule has 4 fully saturated rings. The smallest absolute Gasteiger partial charge is 0.0708 e. The van der Waals surface area contributed by atoms with Crippen LogP contribution in [0.4, 0.5) is 0 Å². The van der Waals surface area contributed by atoms with E-state index in [1.807, 2.05) is 0 Å². The third-order valence-corrected chi connectivity index (χ3v) is 7.21. The zero-order valence-electron chi connectivity index (χ0n) is 13.8. The zero-order valence-corrected chi connectivity index (χ0v) is 13.8. The molecule has 4 rings (SSSR count). The number of ether oxygens (including phenoxy) is 1. The predicted molar refractivity (Wildman–Crippen MR) is 86.3 cm³/mol. The van der Waals surface area contributed by atoms with Crippen LogP contribution in [0.1, 0.15) is 77.6 Å². The van der Waals surface area contributed by atoms with Gasteiger partial charge >= 0.3 is 0 Å². The van der Waals surface area contributed by atoms with Gasteiger partial charge in [-0.3, -0.25) is 0 Å².